The molecular weight excluding hydrogens is 670 g/mol. The second kappa shape index (κ2) is 15.8. The van der Waals surface area contributed by atoms with Gasteiger partial charge in [-0.25, -0.2) is 4.79 Å². The summed E-state index contributed by atoms with van der Waals surface area (Å²) >= 11 is 5.55. The van der Waals surface area contributed by atoms with E-state index < -0.39 is 6.35 Å². The maximum atomic E-state index is 13.3. The highest BCUT2D eigenvalue weighted by molar-refractivity contribution is 9.10. The van der Waals surface area contributed by atoms with Crippen molar-refractivity contribution in [2.24, 2.45) is 0 Å². The van der Waals surface area contributed by atoms with Crippen molar-refractivity contribution in [2.45, 2.75) is 30.4 Å². The van der Waals surface area contributed by atoms with Crippen LogP contribution >= 0.6 is 27.7 Å². The molecule has 0 aliphatic carbocycles. The summed E-state index contributed by atoms with van der Waals surface area (Å²) in [5.41, 5.74) is 3.08. The molecule has 5 aromatic rings. The number of carbonyl (C=O) groups is 1. The minimum Gasteiger partial charge on any atom is -0.419 e. The zero-order chi connectivity index (χ0) is 32.4. The van der Waals surface area contributed by atoms with E-state index in [1.807, 2.05) is 83.7 Å². The Bertz CT molecular complexity index is 1880. The fourth-order valence-corrected chi connectivity index (χ4v) is 6.88. The van der Waals surface area contributed by atoms with E-state index in [4.69, 9.17) is 9.47 Å². The summed E-state index contributed by atoms with van der Waals surface area (Å²) < 4.78 is 13.7. The Hall–Kier alpha value is -4.55. The molecule has 5 aromatic carbocycles. The molecule has 2 atom stereocenters. The zero-order valence-electron chi connectivity index (χ0n) is 25.7. The molecule has 0 fully saturated rings. The molecule has 0 bridgehead atoms. The van der Waals surface area contributed by atoms with Gasteiger partial charge in [0.15, 0.2) is 0 Å². The molecule has 0 spiro atoms. The minimum atomic E-state index is -0.628. The van der Waals surface area contributed by atoms with Crippen molar-refractivity contribution < 1.29 is 14.3 Å². The van der Waals surface area contributed by atoms with Crippen molar-refractivity contribution in [3.8, 4) is 6.07 Å². The number of halogens is 1. The Morgan fingerprint density at radius 3 is 2.36 bits per heavy atom. The molecule has 47 heavy (non-hydrogen) atoms. The van der Waals surface area contributed by atoms with Gasteiger partial charge in [-0.1, -0.05) is 94.8 Å². The quantitative estimate of drug-likeness (QED) is 0.0688. The summed E-state index contributed by atoms with van der Waals surface area (Å²) in [5.74, 6) is 0.547. The highest BCUT2D eigenvalue weighted by atomic mass is 79.9. The van der Waals surface area contributed by atoms with Crippen molar-refractivity contribution in [3.05, 3.63) is 160 Å². The summed E-state index contributed by atoms with van der Waals surface area (Å²) in [6, 6.07) is 41.7. The maximum absolute atomic E-state index is 13.3. The van der Waals surface area contributed by atoms with E-state index >= 15 is 0 Å². The number of carbonyl (C=O) groups excluding carboxylic acids is 1. The van der Waals surface area contributed by atoms with E-state index in [2.05, 4.69) is 69.4 Å². The Morgan fingerprint density at radius 1 is 0.851 bits per heavy atom. The van der Waals surface area contributed by atoms with Crippen LogP contribution in [0.25, 0.3) is 10.8 Å². The fraction of sp³-hybridized carbons (Fsp3) is 0.179. The second-order valence-corrected chi connectivity index (χ2v) is 13.2. The third kappa shape index (κ3) is 8.44. The minimum absolute atomic E-state index is 0.341. The predicted octanol–water partition coefficient (Wildman–Crippen LogP) is 9.14. The van der Waals surface area contributed by atoms with Gasteiger partial charge in [0.2, 0.25) is 0 Å². The monoisotopic (exact) mass is 703 g/mol. The van der Waals surface area contributed by atoms with Crippen LogP contribution < -0.4 is 0 Å². The van der Waals surface area contributed by atoms with Crippen molar-refractivity contribution >= 4 is 44.4 Å². The molecule has 0 aromatic heterocycles. The average molecular weight is 705 g/mol. The normalized spacial score (nSPS) is 14.7. The third-order valence-electron chi connectivity index (χ3n) is 7.95. The van der Waals surface area contributed by atoms with Gasteiger partial charge in [-0.3, -0.25) is 0 Å². The second-order valence-electron chi connectivity index (χ2n) is 11.2. The lowest BCUT2D eigenvalue weighted by Gasteiger charge is -2.34. The van der Waals surface area contributed by atoms with Crippen molar-refractivity contribution in [1.82, 2.24) is 9.80 Å². The van der Waals surface area contributed by atoms with Gasteiger partial charge >= 0.3 is 5.97 Å². The van der Waals surface area contributed by atoms with Gasteiger partial charge in [0.05, 0.1) is 30.3 Å². The number of esters is 1. The first-order valence-electron chi connectivity index (χ1n) is 15.5. The van der Waals surface area contributed by atoms with Crippen LogP contribution in [0.15, 0.2) is 143 Å². The lowest BCUT2D eigenvalue weighted by Crippen LogP contribution is -2.44. The summed E-state index contributed by atoms with van der Waals surface area (Å²) in [4.78, 5) is 18.7. The molecule has 1 aliphatic heterocycles. The van der Waals surface area contributed by atoms with Gasteiger partial charge in [0.1, 0.15) is 6.10 Å². The molecule has 0 saturated carbocycles. The number of fused-ring (bicyclic) bond motifs is 1. The smallest absolute Gasteiger partial charge is 0.341 e. The van der Waals surface area contributed by atoms with Gasteiger partial charge in [-0.15, -0.1) is 11.8 Å². The van der Waals surface area contributed by atoms with Crippen molar-refractivity contribution in [1.29, 1.82) is 5.26 Å². The Morgan fingerprint density at radius 2 is 1.57 bits per heavy atom. The first-order valence-corrected chi connectivity index (χ1v) is 17.3. The van der Waals surface area contributed by atoms with Crippen molar-refractivity contribution in [2.75, 3.05) is 18.8 Å². The molecule has 2 unspecified atom stereocenters. The summed E-state index contributed by atoms with van der Waals surface area (Å²) in [6.07, 6.45) is 3.91. The predicted molar refractivity (Wildman–Crippen MR) is 190 cm³/mol. The highest BCUT2D eigenvalue weighted by Crippen LogP contribution is 2.31. The van der Waals surface area contributed by atoms with Gasteiger partial charge in [0, 0.05) is 28.3 Å². The summed E-state index contributed by atoms with van der Waals surface area (Å²) in [6.45, 7) is 1.52. The summed E-state index contributed by atoms with van der Waals surface area (Å²) in [7, 11) is 0. The Labute approximate surface area is 288 Å². The van der Waals surface area contributed by atoms with Gasteiger partial charge in [-0.2, -0.15) is 5.26 Å². The molecule has 0 N–H and O–H groups in total. The van der Waals surface area contributed by atoms with Crippen LogP contribution in [-0.2, 0) is 16.1 Å². The van der Waals surface area contributed by atoms with E-state index in [1.165, 1.54) is 15.7 Å². The largest absolute Gasteiger partial charge is 0.419 e. The first-order chi connectivity index (χ1) is 23.1. The van der Waals surface area contributed by atoms with E-state index in [0.29, 0.717) is 30.8 Å². The van der Waals surface area contributed by atoms with Crippen LogP contribution in [0.2, 0.25) is 0 Å². The highest BCUT2D eigenvalue weighted by Gasteiger charge is 2.32. The molecule has 6 nitrogen and oxygen atoms in total. The number of ether oxygens (including phenoxy) is 2. The van der Waals surface area contributed by atoms with Gasteiger partial charge in [0.25, 0.3) is 6.35 Å². The molecule has 1 aliphatic rings. The van der Waals surface area contributed by atoms with Crippen LogP contribution in [0.5, 0.6) is 0 Å². The molecule has 6 rings (SSSR count). The van der Waals surface area contributed by atoms with Crippen LogP contribution in [-0.4, -0.2) is 41.0 Å². The lowest BCUT2D eigenvalue weighted by atomic mass is 10.1. The maximum Gasteiger partial charge on any atom is 0.341 e. The third-order valence-corrected chi connectivity index (χ3v) is 9.75. The molecule has 0 amide bonds. The van der Waals surface area contributed by atoms with Crippen LogP contribution in [0.1, 0.15) is 39.6 Å². The first kappa shape index (κ1) is 32.4. The Balaban J connectivity index is 1.16. The van der Waals surface area contributed by atoms with E-state index in [-0.39, 0.29) is 12.1 Å². The molecule has 0 radical (unpaired) electrons. The SMILES string of the molecule is N#Cc1ccc(COC(CN2C=CN(CCCSc3ccc4ccccc4c3)C2OC(=O)c2ccccc2)c2ccccc2Br)cc1. The standard InChI is InChI=1S/C39H34BrN3O3S/c40-36-14-7-6-13-35(36)37(45-28-30-17-15-29(26-41)16-18-30)27-43-23-22-42(39(43)46-38(44)32-10-2-1-3-11-32)21-8-24-47-34-20-19-31-9-4-5-12-33(31)25-34/h1-7,9-20,22-23,25,37,39H,8,21,24,27-28H2. The van der Waals surface area contributed by atoms with Gasteiger partial charge < -0.3 is 19.3 Å². The van der Waals surface area contributed by atoms with Crippen LogP contribution in [0.4, 0.5) is 0 Å². The van der Waals surface area contributed by atoms with E-state index in [1.54, 1.807) is 24.3 Å². The molecular formula is C39H34BrN3O3S. The number of hydrogen-bond acceptors (Lipinski definition) is 7. The molecule has 8 heteroatoms. The molecule has 236 valence electrons. The average Bonchev–Trinajstić information content (AvgIpc) is 3.49. The number of rotatable bonds is 13. The van der Waals surface area contributed by atoms with Crippen LogP contribution in [0, 0.1) is 11.3 Å². The van der Waals surface area contributed by atoms with Crippen LogP contribution in [0.3, 0.4) is 0 Å². The van der Waals surface area contributed by atoms with E-state index in [0.717, 1.165) is 27.8 Å². The van der Waals surface area contributed by atoms with E-state index in [9.17, 15) is 10.1 Å². The zero-order valence-corrected chi connectivity index (χ0v) is 28.1. The number of thioether (sulfide) groups is 1. The number of hydrogen-bond donors (Lipinski definition) is 0. The number of benzene rings is 5. The Kier molecular flexibility index (Phi) is 10.9. The lowest BCUT2D eigenvalue weighted by molar-refractivity contribution is -0.0874. The van der Waals surface area contributed by atoms with Crippen molar-refractivity contribution in [3.63, 3.8) is 0 Å². The number of nitrogens with zero attached hydrogens (tertiary/aromatic N) is 3. The fourth-order valence-electron chi connectivity index (χ4n) is 5.45. The number of nitriles is 1. The molecule has 0 saturated heterocycles. The topological polar surface area (TPSA) is 65.8 Å². The summed E-state index contributed by atoms with van der Waals surface area (Å²) in [5, 5.41) is 11.7. The van der Waals surface area contributed by atoms with Gasteiger partial charge in [-0.05, 0) is 76.5 Å². The molecule has 1 heterocycles.